The van der Waals surface area contributed by atoms with E-state index in [0.717, 1.165) is 57.7 Å². The lowest BCUT2D eigenvalue weighted by molar-refractivity contribution is -0.137. The molecule has 1 amide bonds. The molecule has 2 aliphatic rings. The average Bonchev–Trinajstić information content (AvgIpc) is 3.46. The molecule has 0 unspecified atom stereocenters. The molecule has 2 aromatic rings. The van der Waals surface area contributed by atoms with E-state index in [1.807, 2.05) is 11.0 Å². The number of rotatable bonds is 6. The third-order valence-corrected chi connectivity index (χ3v) is 6.36. The lowest BCUT2D eigenvalue weighted by Gasteiger charge is -2.34. The normalized spacial score (nSPS) is 18.1. The van der Waals surface area contributed by atoms with Gasteiger partial charge >= 0.3 is 6.18 Å². The van der Waals surface area contributed by atoms with Crippen molar-refractivity contribution in [1.82, 2.24) is 9.80 Å². The summed E-state index contributed by atoms with van der Waals surface area (Å²) in [6, 6.07) is 9.40. The molecule has 2 heterocycles. The second-order valence-corrected chi connectivity index (χ2v) is 8.66. The number of halogens is 3. The van der Waals surface area contributed by atoms with Crippen LogP contribution in [0.2, 0.25) is 0 Å². The number of likely N-dealkylation sites (tertiary alicyclic amines) is 1. The summed E-state index contributed by atoms with van der Waals surface area (Å²) >= 11 is 0. The van der Waals surface area contributed by atoms with E-state index < -0.39 is 11.7 Å². The van der Waals surface area contributed by atoms with Gasteiger partial charge in [-0.15, -0.1) is 0 Å². The predicted octanol–water partition coefficient (Wildman–Crippen LogP) is 5.87. The summed E-state index contributed by atoms with van der Waals surface area (Å²) in [5.74, 6) is 0.950. The molecular formula is C24H29F3N2O2. The maximum absolute atomic E-state index is 13.1. The average molecular weight is 435 g/mol. The first-order chi connectivity index (χ1) is 14.9. The highest BCUT2D eigenvalue weighted by molar-refractivity contribution is 5.91. The number of alkyl halides is 3. The van der Waals surface area contributed by atoms with Crippen molar-refractivity contribution in [2.24, 2.45) is 0 Å². The fourth-order valence-electron chi connectivity index (χ4n) is 4.69. The summed E-state index contributed by atoms with van der Waals surface area (Å²) < 4.78 is 45.3. The number of carbonyl (C=O) groups is 1. The van der Waals surface area contributed by atoms with Crippen LogP contribution in [0.4, 0.5) is 13.2 Å². The Morgan fingerprint density at radius 3 is 2.45 bits per heavy atom. The molecule has 1 aromatic carbocycles. The summed E-state index contributed by atoms with van der Waals surface area (Å²) in [6.07, 6.45) is 3.19. The van der Waals surface area contributed by atoms with Gasteiger partial charge in [0.25, 0.3) is 5.91 Å². The molecule has 1 aliphatic heterocycles. The Labute approximate surface area is 181 Å². The second-order valence-electron chi connectivity index (χ2n) is 8.66. The van der Waals surface area contributed by atoms with Gasteiger partial charge in [0.1, 0.15) is 5.76 Å². The van der Waals surface area contributed by atoms with Crippen LogP contribution in [0.25, 0.3) is 0 Å². The molecule has 1 saturated carbocycles. The van der Waals surface area contributed by atoms with E-state index in [4.69, 9.17) is 4.42 Å². The minimum Gasteiger partial charge on any atom is -0.455 e. The zero-order valence-electron chi connectivity index (χ0n) is 17.7. The van der Waals surface area contributed by atoms with Gasteiger partial charge in [0, 0.05) is 25.7 Å². The lowest BCUT2D eigenvalue weighted by Crippen LogP contribution is -2.35. The van der Waals surface area contributed by atoms with Gasteiger partial charge in [-0.25, -0.2) is 0 Å². The van der Waals surface area contributed by atoms with Crippen molar-refractivity contribution in [2.75, 3.05) is 13.1 Å². The highest BCUT2D eigenvalue weighted by atomic mass is 19.4. The van der Waals surface area contributed by atoms with Crippen LogP contribution in [0.1, 0.15) is 72.4 Å². The molecule has 1 aromatic heterocycles. The Morgan fingerprint density at radius 1 is 1.00 bits per heavy atom. The summed E-state index contributed by atoms with van der Waals surface area (Å²) in [5.41, 5.74) is 0.0189. The van der Waals surface area contributed by atoms with Gasteiger partial charge in [0.05, 0.1) is 12.1 Å². The standard InChI is InChI=1S/C24H29F3N2O2/c25-24(26,27)19-8-6-7-18(15-19)16-29(20-9-2-1-3-10-20)17-21-11-12-22(31-21)23(30)28-13-4-5-14-28/h6-8,11-12,15,20H,1-5,9-10,13-14,16-17H2. The molecular weight excluding hydrogens is 405 g/mol. The van der Waals surface area contributed by atoms with Gasteiger partial charge in [0.15, 0.2) is 5.76 Å². The van der Waals surface area contributed by atoms with E-state index in [9.17, 15) is 18.0 Å². The number of carbonyl (C=O) groups excluding carboxylic acids is 1. The number of furan rings is 1. The van der Waals surface area contributed by atoms with Crippen LogP contribution in [0.15, 0.2) is 40.8 Å². The van der Waals surface area contributed by atoms with Crippen LogP contribution in [0, 0.1) is 0 Å². The van der Waals surface area contributed by atoms with E-state index in [-0.39, 0.29) is 5.91 Å². The molecule has 7 heteroatoms. The van der Waals surface area contributed by atoms with E-state index in [0.29, 0.717) is 36.2 Å². The van der Waals surface area contributed by atoms with Crippen molar-refractivity contribution in [2.45, 2.75) is 70.3 Å². The Morgan fingerprint density at radius 2 is 1.74 bits per heavy atom. The van der Waals surface area contributed by atoms with Crippen molar-refractivity contribution < 1.29 is 22.4 Å². The zero-order valence-corrected chi connectivity index (χ0v) is 17.7. The molecule has 0 radical (unpaired) electrons. The summed E-state index contributed by atoms with van der Waals surface area (Å²) in [6.45, 7) is 2.43. The smallest absolute Gasteiger partial charge is 0.416 e. The number of nitrogens with zero attached hydrogens (tertiary/aromatic N) is 2. The van der Waals surface area contributed by atoms with Gasteiger partial charge in [0.2, 0.25) is 0 Å². The van der Waals surface area contributed by atoms with E-state index in [1.165, 1.54) is 18.6 Å². The molecule has 168 valence electrons. The van der Waals surface area contributed by atoms with Gasteiger partial charge in [-0.05, 0) is 49.4 Å². The van der Waals surface area contributed by atoms with Crippen molar-refractivity contribution in [3.63, 3.8) is 0 Å². The minimum absolute atomic E-state index is 0.0779. The highest BCUT2D eigenvalue weighted by Gasteiger charge is 2.31. The second kappa shape index (κ2) is 9.47. The van der Waals surface area contributed by atoms with Crippen LogP contribution in [-0.2, 0) is 19.3 Å². The molecule has 0 bridgehead atoms. The molecule has 31 heavy (non-hydrogen) atoms. The monoisotopic (exact) mass is 434 g/mol. The van der Waals surface area contributed by atoms with E-state index in [1.54, 1.807) is 12.1 Å². The first-order valence-corrected chi connectivity index (χ1v) is 11.2. The number of hydrogen-bond donors (Lipinski definition) is 0. The first-order valence-electron chi connectivity index (χ1n) is 11.2. The predicted molar refractivity (Wildman–Crippen MR) is 111 cm³/mol. The van der Waals surface area contributed by atoms with Crippen LogP contribution in [0.5, 0.6) is 0 Å². The Kier molecular flexibility index (Phi) is 6.70. The third-order valence-electron chi connectivity index (χ3n) is 6.36. The zero-order chi connectivity index (χ0) is 21.8. The minimum atomic E-state index is -4.35. The Bertz CT molecular complexity index is 881. The van der Waals surface area contributed by atoms with E-state index >= 15 is 0 Å². The van der Waals surface area contributed by atoms with Crippen molar-refractivity contribution in [3.05, 3.63) is 59.0 Å². The molecule has 2 fully saturated rings. The molecule has 4 nitrogen and oxygen atoms in total. The van der Waals surface area contributed by atoms with Crippen molar-refractivity contribution >= 4 is 5.91 Å². The van der Waals surface area contributed by atoms with Crippen LogP contribution >= 0.6 is 0 Å². The number of hydrogen-bond acceptors (Lipinski definition) is 3. The quantitative estimate of drug-likeness (QED) is 0.571. The fourth-order valence-corrected chi connectivity index (χ4v) is 4.69. The summed E-state index contributed by atoms with van der Waals surface area (Å²) in [4.78, 5) is 16.6. The number of amides is 1. The highest BCUT2D eigenvalue weighted by Crippen LogP contribution is 2.31. The molecule has 0 atom stereocenters. The van der Waals surface area contributed by atoms with Gasteiger partial charge in [-0.1, -0.05) is 37.5 Å². The summed E-state index contributed by atoms with van der Waals surface area (Å²) in [5, 5.41) is 0. The Balaban J connectivity index is 1.50. The largest absolute Gasteiger partial charge is 0.455 e. The molecule has 0 N–H and O–H groups in total. The fraction of sp³-hybridized carbons (Fsp3) is 0.542. The topological polar surface area (TPSA) is 36.7 Å². The maximum Gasteiger partial charge on any atom is 0.416 e. The SMILES string of the molecule is O=C(c1ccc(CN(Cc2cccc(C(F)(F)F)c2)C2CCCCC2)o1)N1CCCC1. The molecule has 1 aliphatic carbocycles. The van der Waals surface area contributed by atoms with Gasteiger partial charge < -0.3 is 9.32 Å². The van der Waals surface area contributed by atoms with Crippen LogP contribution in [0.3, 0.4) is 0 Å². The Hall–Kier alpha value is -2.28. The molecule has 1 saturated heterocycles. The van der Waals surface area contributed by atoms with Crippen molar-refractivity contribution in [1.29, 1.82) is 0 Å². The first kappa shape index (κ1) is 21.9. The molecule has 4 rings (SSSR count). The van der Waals surface area contributed by atoms with Crippen LogP contribution in [-0.4, -0.2) is 34.8 Å². The van der Waals surface area contributed by atoms with E-state index in [2.05, 4.69) is 4.90 Å². The van der Waals surface area contributed by atoms with Gasteiger partial charge in [-0.3, -0.25) is 9.69 Å². The maximum atomic E-state index is 13.1. The summed E-state index contributed by atoms with van der Waals surface area (Å²) in [7, 11) is 0. The van der Waals surface area contributed by atoms with Crippen LogP contribution < -0.4 is 0 Å². The lowest BCUT2D eigenvalue weighted by atomic mass is 9.93. The number of benzene rings is 1. The van der Waals surface area contributed by atoms with Crippen molar-refractivity contribution in [3.8, 4) is 0 Å². The third kappa shape index (κ3) is 5.50. The van der Waals surface area contributed by atoms with Gasteiger partial charge in [-0.2, -0.15) is 13.2 Å². The molecule has 0 spiro atoms.